The molecule has 0 aliphatic heterocycles. The molecule has 24 heavy (non-hydrogen) atoms. The lowest BCUT2D eigenvalue weighted by atomic mass is 10.1. The number of benzene rings is 2. The highest BCUT2D eigenvalue weighted by Crippen LogP contribution is 2.23. The van der Waals surface area contributed by atoms with E-state index in [9.17, 15) is 4.79 Å². The second kappa shape index (κ2) is 7.58. The van der Waals surface area contributed by atoms with Gasteiger partial charge in [0.05, 0.1) is 11.8 Å². The van der Waals surface area contributed by atoms with Gasteiger partial charge in [0.25, 0.3) is 0 Å². The minimum atomic E-state index is -0.135. The summed E-state index contributed by atoms with van der Waals surface area (Å²) in [6.45, 7) is 4.04. The number of hydrogen-bond acceptors (Lipinski definition) is 3. The van der Waals surface area contributed by atoms with E-state index >= 15 is 0 Å². The molecule has 0 saturated carbocycles. The maximum atomic E-state index is 12.1. The van der Waals surface area contributed by atoms with Crippen LogP contribution in [0.3, 0.4) is 0 Å². The fourth-order valence-corrected chi connectivity index (χ4v) is 3.51. The molecule has 0 unspecified atom stereocenters. The molecule has 124 valence electrons. The lowest BCUT2D eigenvalue weighted by Gasteiger charge is -2.11. The number of carbonyl (C=O) groups excluding carboxylic acids is 1. The van der Waals surface area contributed by atoms with Crippen molar-refractivity contribution in [2.24, 2.45) is 0 Å². The Bertz CT molecular complexity index is 807. The molecule has 2 aromatic carbocycles. The highest BCUT2D eigenvalue weighted by Gasteiger charge is 2.14. The molecule has 1 heterocycles. The summed E-state index contributed by atoms with van der Waals surface area (Å²) >= 11 is 1.63. The van der Waals surface area contributed by atoms with Gasteiger partial charge in [-0.3, -0.25) is 4.79 Å². The third kappa shape index (κ3) is 4.01. The summed E-state index contributed by atoms with van der Waals surface area (Å²) in [6, 6.07) is 18.0. The first kappa shape index (κ1) is 16.7. The molecule has 1 atom stereocenters. The summed E-state index contributed by atoms with van der Waals surface area (Å²) in [4.78, 5) is 12.1. The summed E-state index contributed by atoms with van der Waals surface area (Å²) in [7, 11) is 0. The van der Waals surface area contributed by atoms with Gasteiger partial charge in [-0.25, -0.2) is 0 Å². The van der Waals surface area contributed by atoms with Gasteiger partial charge < -0.3 is 9.73 Å². The van der Waals surface area contributed by atoms with Crippen LogP contribution in [0, 0.1) is 6.92 Å². The molecule has 3 nitrogen and oxygen atoms in total. The van der Waals surface area contributed by atoms with Gasteiger partial charge in [0.15, 0.2) is 0 Å². The Morgan fingerprint density at radius 1 is 1.17 bits per heavy atom. The quantitative estimate of drug-likeness (QED) is 0.698. The fourth-order valence-electron chi connectivity index (χ4n) is 2.60. The van der Waals surface area contributed by atoms with E-state index in [-0.39, 0.29) is 11.9 Å². The smallest absolute Gasteiger partial charge is 0.230 e. The molecule has 0 bridgehead atoms. The fraction of sp³-hybridized carbons (Fsp3) is 0.250. The Labute approximate surface area is 146 Å². The van der Waals surface area contributed by atoms with E-state index in [1.165, 1.54) is 11.1 Å². The van der Waals surface area contributed by atoms with E-state index in [1.54, 1.807) is 11.8 Å². The number of carbonyl (C=O) groups is 1. The molecule has 0 radical (unpaired) electrons. The van der Waals surface area contributed by atoms with Crippen molar-refractivity contribution in [2.45, 2.75) is 25.6 Å². The monoisotopic (exact) mass is 339 g/mol. The number of furan rings is 1. The van der Waals surface area contributed by atoms with E-state index in [2.05, 4.69) is 24.4 Å². The summed E-state index contributed by atoms with van der Waals surface area (Å²) in [5, 5.41) is 4.06. The molecule has 0 spiro atoms. The summed E-state index contributed by atoms with van der Waals surface area (Å²) in [5.74, 6) is 2.10. The minimum absolute atomic E-state index is 0.0292. The average Bonchev–Trinajstić information content (AvgIpc) is 3.01. The molecule has 1 aromatic heterocycles. The number of hydrogen-bond donors (Lipinski definition) is 1. The Morgan fingerprint density at radius 3 is 2.71 bits per heavy atom. The summed E-state index contributed by atoms with van der Waals surface area (Å²) < 4.78 is 5.80. The molecule has 0 aliphatic rings. The number of amides is 1. The van der Waals surface area contributed by atoms with Crippen LogP contribution in [0.5, 0.6) is 0 Å². The van der Waals surface area contributed by atoms with Crippen LogP contribution in [0.2, 0.25) is 0 Å². The third-order valence-electron chi connectivity index (χ3n) is 4.00. The van der Waals surface area contributed by atoms with Crippen LogP contribution in [-0.4, -0.2) is 11.7 Å². The maximum absolute atomic E-state index is 12.1. The average molecular weight is 339 g/mol. The topological polar surface area (TPSA) is 42.2 Å². The summed E-state index contributed by atoms with van der Waals surface area (Å²) in [5.41, 5.74) is 3.39. The van der Waals surface area contributed by atoms with E-state index in [0.29, 0.717) is 5.75 Å². The van der Waals surface area contributed by atoms with Crippen molar-refractivity contribution in [2.75, 3.05) is 5.75 Å². The predicted octanol–water partition coefficient (Wildman–Crippen LogP) is 4.85. The minimum Gasteiger partial charge on any atom is -0.459 e. The zero-order chi connectivity index (χ0) is 16.9. The first-order chi connectivity index (χ1) is 11.6. The van der Waals surface area contributed by atoms with E-state index in [4.69, 9.17) is 4.42 Å². The van der Waals surface area contributed by atoms with Crippen molar-refractivity contribution in [3.05, 3.63) is 71.5 Å². The largest absolute Gasteiger partial charge is 0.459 e. The lowest BCUT2D eigenvalue weighted by Crippen LogP contribution is -2.28. The van der Waals surface area contributed by atoms with Gasteiger partial charge in [-0.05, 0) is 37.1 Å². The molecular weight excluding hydrogens is 318 g/mol. The normalized spacial score (nSPS) is 12.2. The molecular formula is C20H21NO2S. The van der Waals surface area contributed by atoms with Crippen LogP contribution < -0.4 is 5.32 Å². The number of nitrogens with one attached hydrogen (secondary N) is 1. The Hall–Kier alpha value is -2.20. The van der Waals surface area contributed by atoms with Gasteiger partial charge in [0.1, 0.15) is 11.3 Å². The molecule has 0 fully saturated rings. The van der Waals surface area contributed by atoms with Crippen LogP contribution in [0.1, 0.15) is 29.9 Å². The first-order valence-corrected chi connectivity index (χ1v) is 9.19. The van der Waals surface area contributed by atoms with Crippen molar-refractivity contribution in [1.82, 2.24) is 5.32 Å². The third-order valence-corrected chi connectivity index (χ3v) is 4.98. The summed E-state index contributed by atoms with van der Waals surface area (Å²) in [6.07, 6.45) is 0. The van der Waals surface area contributed by atoms with Gasteiger partial charge in [-0.2, -0.15) is 0 Å². The van der Waals surface area contributed by atoms with Gasteiger partial charge >= 0.3 is 0 Å². The van der Waals surface area contributed by atoms with Gasteiger partial charge in [0.2, 0.25) is 5.91 Å². The van der Waals surface area contributed by atoms with Crippen LogP contribution in [0.25, 0.3) is 11.0 Å². The number of fused-ring (bicyclic) bond motifs is 1. The highest BCUT2D eigenvalue weighted by molar-refractivity contribution is 7.99. The van der Waals surface area contributed by atoms with Crippen LogP contribution in [-0.2, 0) is 10.5 Å². The van der Waals surface area contributed by atoms with Crippen LogP contribution >= 0.6 is 11.8 Å². The molecule has 3 aromatic rings. The molecule has 3 rings (SSSR count). The molecule has 1 N–H and O–H groups in total. The van der Waals surface area contributed by atoms with Crippen LogP contribution in [0.4, 0.5) is 0 Å². The number of para-hydroxylation sites is 1. The van der Waals surface area contributed by atoms with Crippen molar-refractivity contribution in [1.29, 1.82) is 0 Å². The molecule has 0 saturated heterocycles. The van der Waals surface area contributed by atoms with Gasteiger partial charge in [-0.15, -0.1) is 11.8 Å². The maximum Gasteiger partial charge on any atom is 0.230 e. The molecule has 0 aliphatic carbocycles. The van der Waals surface area contributed by atoms with E-state index in [1.807, 2.05) is 49.4 Å². The number of aryl methyl sites for hydroxylation is 1. The predicted molar refractivity (Wildman–Crippen MR) is 100 cm³/mol. The lowest BCUT2D eigenvalue weighted by molar-refractivity contribution is -0.119. The number of thioether (sulfide) groups is 1. The second-order valence-corrected chi connectivity index (χ2v) is 6.88. The Kier molecular flexibility index (Phi) is 5.26. The van der Waals surface area contributed by atoms with Crippen LogP contribution in [0.15, 0.2) is 59.0 Å². The van der Waals surface area contributed by atoms with Crippen molar-refractivity contribution < 1.29 is 9.21 Å². The van der Waals surface area contributed by atoms with E-state index < -0.39 is 0 Å². The van der Waals surface area contributed by atoms with Crippen molar-refractivity contribution in [3.63, 3.8) is 0 Å². The molecule has 4 heteroatoms. The highest BCUT2D eigenvalue weighted by atomic mass is 32.2. The van der Waals surface area contributed by atoms with E-state index in [0.717, 1.165) is 22.5 Å². The Morgan fingerprint density at radius 2 is 1.92 bits per heavy atom. The van der Waals surface area contributed by atoms with Crippen molar-refractivity contribution >= 4 is 28.6 Å². The SMILES string of the molecule is Cc1ccccc1CSCC(=O)N[C@@H](C)c1cc2ccccc2o1. The standard InChI is InChI=1S/C20H21NO2S/c1-14-7-3-4-9-17(14)12-24-13-20(22)21-15(2)19-11-16-8-5-6-10-18(16)23-19/h3-11,15H,12-13H2,1-2H3,(H,21,22)/t15-/m0/s1. The zero-order valence-corrected chi connectivity index (χ0v) is 14.7. The van der Waals surface area contributed by atoms with Crippen molar-refractivity contribution in [3.8, 4) is 0 Å². The molecule has 1 amide bonds. The zero-order valence-electron chi connectivity index (χ0n) is 13.9. The second-order valence-electron chi connectivity index (χ2n) is 5.90. The first-order valence-electron chi connectivity index (χ1n) is 8.03. The Balaban J connectivity index is 1.51. The van der Waals surface area contributed by atoms with Gasteiger partial charge in [0, 0.05) is 11.1 Å². The number of rotatable bonds is 6. The van der Waals surface area contributed by atoms with Gasteiger partial charge in [-0.1, -0.05) is 42.5 Å².